The zero-order chi connectivity index (χ0) is 14.1. The summed E-state index contributed by atoms with van der Waals surface area (Å²) in [5.41, 5.74) is 2.56. The first-order valence-corrected chi connectivity index (χ1v) is 6.67. The number of fused-ring (bicyclic) bond motifs is 3. The van der Waals surface area contributed by atoms with Crippen LogP contribution in [0.2, 0.25) is 0 Å². The van der Waals surface area contributed by atoms with E-state index in [4.69, 9.17) is 4.74 Å². The van der Waals surface area contributed by atoms with Crippen LogP contribution in [-0.4, -0.2) is 30.3 Å². The number of rotatable bonds is 2. The Bertz CT molecular complexity index is 690. The second-order valence-electron chi connectivity index (χ2n) is 4.74. The maximum Gasteiger partial charge on any atom is 0.320 e. The van der Waals surface area contributed by atoms with Gasteiger partial charge in [0.2, 0.25) is 0 Å². The molecule has 0 saturated carbocycles. The quantitative estimate of drug-likeness (QED) is 0.856. The van der Waals surface area contributed by atoms with E-state index >= 15 is 0 Å². The summed E-state index contributed by atoms with van der Waals surface area (Å²) in [6.07, 6.45) is 2.31. The van der Waals surface area contributed by atoms with Crippen molar-refractivity contribution in [1.82, 2.24) is 4.98 Å². The number of aromatic nitrogens is 1. The average Bonchev–Trinajstić information content (AvgIpc) is 2.64. The lowest BCUT2D eigenvalue weighted by Gasteiger charge is -2.10. The number of hydrogen-bond acceptors (Lipinski definition) is 3. The van der Waals surface area contributed by atoms with Crippen molar-refractivity contribution in [3.63, 3.8) is 0 Å². The molecule has 1 unspecified atom stereocenters. The van der Waals surface area contributed by atoms with Crippen LogP contribution in [0.1, 0.15) is 24.1 Å². The summed E-state index contributed by atoms with van der Waals surface area (Å²) >= 11 is 0. The van der Waals surface area contributed by atoms with E-state index in [1.165, 1.54) is 12.1 Å². The normalized spacial score (nSPS) is 17.8. The lowest BCUT2D eigenvalue weighted by Crippen LogP contribution is -2.18. The number of hydrogen-bond donors (Lipinski definition) is 1. The Morgan fingerprint density at radius 2 is 2.40 bits per heavy atom. The van der Waals surface area contributed by atoms with Gasteiger partial charge in [-0.2, -0.15) is 0 Å². The van der Waals surface area contributed by atoms with Crippen LogP contribution >= 0.6 is 0 Å². The van der Waals surface area contributed by atoms with E-state index in [2.05, 4.69) is 9.98 Å². The van der Waals surface area contributed by atoms with Crippen molar-refractivity contribution in [3.05, 3.63) is 35.3 Å². The molecule has 0 saturated heterocycles. The Morgan fingerprint density at radius 1 is 1.55 bits per heavy atom. The first-order chi connectivity index (χ1) is 9.70. The van der Waals surface area contributed by atoms with E-state index in [9.17, 15) is 9.18 Å². The summed E-state index contributed by atoms with van der Waals surface area (Å²) in [6, 6.07) is 4.60. The number of aromatic amines is 1. The van der Waals surface area contributed by atoms with Gasteiger partial charge in [0.05, 0.1) is 6.61 Å². The van der Waals surface area contributed by atoms with E-state index in [0.717, 1.165) is 22.2 Å². The van der Waals surface area contributed by atoms with Crippen LogP contribution in [0.4, 0.5) is 4.39 Å². The molecule has 0 radical (unpaired) electrons. The van der Waals surface area contributed by atoms with Gasteiger partial charge in [-0.1, -0.05) is 0 Å². The highest BCUT2D eigenvalue weighted by molar-refractivity contribution is 5.99. The molecule has 3 rings (SSSR count). The van der Waals surface area contributed by atoms with Crippen LogP contribution in [0, 0.1) is 5.82 Å². The molecule has 0 bridgehead atoms. The SMILES string of the molecule is CCOC(=O)C1C=NCCc2c1[nH]c1ccc(F)cc21. The van der Waals surface area contributed by atoms with Crippen LogP contribution in [0.25, 0.3) is 10.9 Å². The number of aliphatic imine (C=N–C) groups is 1. The van der Waals surface area contributed by atoms with Crippen LogP contribution in [0.5, 0.6) is 0 Å². The molecule has 1 aromatic carbocycles. The standard InChI is InChI=1S/C15H15FN2O2/c1-2-20-15(19)12-8-17-6-5-10-11-7-9(16)3-4-13(11)18-14(10)12/h3-4,7-8,12,18H,2,5-6H2,1H3. The van der Waals surface area contributed by atoms with E-state index in [0.29, 0.717) is 19.6 Å². The summed E-state index contributed by atoms with van der Waals surface area (Å²) in [5.74, 6) is -1.15. The molecule has 2 heterocycles. The molecular weight excluding hydrogens is 259 g/mol. The van der Waals surface area contributed by atoms with Gasteiger partial charge >= 0.3 is 5.97 Å². The fourth-order valence-corrected chi connectivity index (χ4v) is 2.62. The van der Waals surface area contributed by atoms with Crippen LogP contribution in [0.3, 0.4) is 0 Å². The monoisotopic (exact) mass is 274 g/mol. The number of halogens is 1. The predicted octanol–water partition coefficient (Wildman–Crippen LogP) is 2.58. The number of carbonyl (C=O) groups excluding carboxylic acids is 1. The van der Waals surface area contributed by atoms with Gasteiger partial charge in [0.1, 0.15) is 11.7 Å². The fraction of sp³-hybridized carbons (Fsp3) is 0.333. The maximum atomic E-state index is 13.4. The highest BCUT2D eigenvalue weighted by Gasteiger charge is 2.27. The van der Waals surface area contributed by atoms with Crippen molar-refractivity contribution in [2.45, 2.75) is 19.3 Å². The molecule has 1 aliphatic rings. The highest BCUT2D eigenvalue weighted by atomic mass is 19.1. The van der Waals surface area contributed by atoms with Crippen LogP contribution in [0.15, 0.2) is 23.2 Å². The van der Waals surface area contributed by atoms with Gasteiger partial charge in [0.15, 0.2) is 0 Å². The van der Waals surface area contributed by atoms with Crippen LogP contribution in [-0.2, 0) is 16.0 Å². The van der Waals surface area contributed by atoms with Gasteiger partial charge in [-0.3, -0.25) is 9.79 Å². The second-order valence-corrected chi connectivity index (χ2v) is 4.74. The van der Waals surface area contributed by atoms with Crippen molar-refractivity contribution in [1.29, 1.82) is 0 Å². The minimum absolute atomic E-state index is 0.280. The van der Waals surface area contributed by atoms with Gasteiger partial charge in [0, 0.05) is 29.4 Å². The number of ether oxygens (including phenoxy) is 1. The maximum absolute atomic E-state index is 13.4. The minimum Gasteiger partial charge on any atom is -0.465 e. The molecule has 1 atom stereocenters. The second kappa shape index (κ2) is 5.07. The number of esters is 1. The topological polar surface area (TPSA) is 54.4 Å². The average molecular weight is 274 g/mol. The Morgan fingerprint density at radius 3 is 3.20 bits per heavy atom. The largest absolute Gasteiger partial charge is 0.465 e. The zero-order valence-corrected chi connectivity index (χ0v) is 11.1. The number of nitrogens with one attached hydrogen (secondary N) is 1. The van der Waals surface area contributed by atoms with Gasteiger partial charge in [-0.05, 0) is 37.1 Å². The Kier molecular flexibility index (Phi) is 3.26. The molecule has 0 spiro atoms. The molecule has 1 N–H and O–H groups in total. The predicted molar refractivity (Wildman–Crippen MR) is 74.7 cm³/mol. The first-order valence-electron chi connectivity index (χ1n) is 6.67. The molecule has 104 valence electrons. The lowest BCUT2D eigenvalue weighted by atomic mass is 10.0. The van der Waals surface area contributed by atoms with Crippen LogP contribution < -0.4 is 0 Å². The van der Waals surface area contributed by atoms with Crippen molar-refractivity contribution < 1.29 is 13.9 Å². The van der Waals surface area contributed by atoms with Crippen molar-refractivity contribution in [2.75, 3.05) is 13.2 Å². The molecule has 0 amide bonds. The Labute approximate surface area is 115 Å². The smallest absolute Gasteiger partial charge is 0.320 e. The zero-order valence-electron chi connectivity index (χ0n) is 11.1. The molecule has 1 aliphatic heterocycles. The van der Waals surface area contributed by atoms with E-state index < -0.39 is 5.92 Å². The summed E-state index contributed by atoms with van der Waals surface area (Å²) in [7, 11) is 0. The number of benzene rings is 1. The van der Waals surface area contributed by atoms with E-state index in [-0.39, 0.29) is 11.8 Å². The van der Waals surface area contributed by atoms with E-state index in [1.54, 1.807) is 19.2 Å². The van der Waals surface area contributed by atoms with E-state index in [1.807, 2.05) is 0 Å². The number of nitrogens with zero attached hydrogens (tertiary/aromatic N) is 1. The van der Waals surface area contributed by atoms with Crippen molar-refractivity contribution in [2.24, 2.45) is 4.99 Å². The third kappa shape index (κ3) is 2.09. The van der Waals surface area contributed by atoms with Gasteiger partial charge in [0.25, 0.3) is 0 Å². The summed E-state index contributed by atoms with van der Waals surface area (Å²) in [6.45, 7) is 2.69. The molecule has 4 nitrogen and oxygen atoms in total. The molecule has 2 aromatic rings. The van der Waals surface area contributed by atoms with Crippen molar-refractivity contribution >= 4 is 23.1 Å². The molecule has 1 aromatic heterocycles. The third-order valence-electron chi connectivity index (χ3n) is 3.50. The minimum atomic E-state index is -0.539. The molecule has 0 fully saturated rings. The van der Waals surface area contributed by atoms with Gasteiger partial charge in [-0.15, -0.1) is 0 Å². The Balaban J connectivity index is 2.14. The summed E-state index contributed by atoms with van der Waals surface area (Å²) in [4.78, 5) is 19.5. The van der Waals surface area contributed by atoms with Gasteiger partial charge in [-0.25, -0.2) is 4.39 Å². The molecule has 0 aliphatic carbocycles. The highest BCUT2D eigenvalue weighted by Crippen LogP contribution is 2.30. The Hall–Kier alpha value is -2.17. The summed E-state index contributed by atoms with van der Waals surface area (Å²) in [5, 5.41) is 0.819. The van der Waals surface area contributed by atoms with Gasteiger partial charge < -0.3 is 9.72 Å². The fourth-order valence-electron chi connectivity index (χ4n) is 2.62. The van der Waals surface area contributed by atoms with Crippen molar-refractivity contribution in [3.8, 4) is 0 Å². The lowest BCUT2D eigenvalue weighted by molar-refractivity contribution is -0.143. The third-order valence-corrected chi connectivity index (χ3v) is 3.50. The molecule has 20 heavy (non-hydrogen) atoms. The molecular formula is C15H15FN2O2. The number of carbonyl (C=O) groups is 1. The molecule has 5 heteroatoms. The summed E-state index contributed by atoms with van der Waals surface area (Å²) < 4.78 is 18.5. The number of H-pyrrole nitrogens is 1. The first kappa shape index (κ1) is 12.8.